The van der Waals surface area contributed by atoms with Crippen molar-refractivity contribution in [3.63, 3.8) is 0 Å². The summed E-state index contributed by atoms with van der Waals surface area (Å²) in [6.07, 6.45) is 2.01. The molecule has 0 N–H and O–H groups in total. The Morgan fingerprint density at radius 3 is 2.17 bits per heavy atom. The van der Waals surface area contributed by atoms with Crippen LogP contribution in [0.4, 0.5) is 0 Å². The maximum Gasteiger partial charge on any atom is 0.244 e. The average Bonchev–Trinajstić information content (AvgIpc) is 3.11. The fourth-order valence-electron chi connectivity index (χ4n) is 3.32. The van der Waals surface area contributed by atoms with Crippen LogP contribution in [0.25, 0.3) is 0 Å². The van der Waals surface area contributed by atoms with E-state index in [4.69, 9.17) is 0 Å². The summed E-state index contributed by atoms with van der Waals surface area (Å²) in [7, 11) is -3.56. The first-order chi connectivity index (χ1) is 11.7. The Kier molecular flexibility index (Phi) is 3.75. The highest BCUT2D eigenvalue weighted by Crippen LogP contribution is 2.36. The molecule has 0 saturated heterocycles. The number of hydrogen-bond acceptors (Lipinski definition) is 2. The number of rotatable bonds is 3. The van der Waals surface area contributed by atoms with E-state index in [1.165, 1.54) is 0 Å². The number of sulfonamides is 1. The Morgan fingerprint density at radius 1 is 0.792 bits per heavy atom. The quantitative estimate of drug-likeness (QED) is 0.735. The fraction of sp³-hybridized carbons (Fsp3) is 0.158. The molecule has 0 aliphatic carbocycles. The molecule has 122 valence electrons. The van der Waals surface area contributed by atoms with Gasteiger partial charge in [-0.2, -0.15) is 4.31 Å². The lowest BCUT2D eigenvalue weighted by Gasteiger charge is -2.36. The summed E-state index contributed by atoms with van der Waals surface area (Å²) in [5.41, 5.74) is 1.99. The highest BCUT2D eigenvalue weighted by Gasteiger charge is 2.37. The van der Waals surface area contributed by atoms with Crippen molar-refractivity contribution in [1.29, 1.82) is 0 Å². The van der Waals surface area contributed by atoms with Gasteiger partial charge in [-0.1, -0.05) is 48.5 Å². The summed E-state index contributed by atoms with van der Waals surface area (Å²) in [5, 5.41) is 0. The van der Waals surface area contributed by atoms with Gasteiger partial charge in [0.25, 0.3) is 0 Å². The van der Waals surface area contributed by atoms with Crippen molar-refractivity contribution in [2.24, 2.45) is 0 Å². The molecule has 2 aromatic carbocycles. The van der Waals surface area contributed by atoms with Gasteiger partial charge < -0.3 is 4.57 Å². The van der Waals surface area contributed by atoms with Crippen LogP contribution in [0.15, 0.2) is 83.9 Å². The van der Waals surface area contributed by atoms with Crippen LogP contribution >= 0.6 is 0 Å². The van der Waals surface area contributed by atoms with Gasteiger partial charge >= 0.3 is 0 Å². The molecular formula is C19H18N2O2S. The van der Waals surface area contributed by atoms with E-state index in [0.717, 1.165) is 11.3 Å². The highest BCUT2D eigenvalue weighted by molar-refractivity contribution is 7.89. The van der Waals surface area contributed by atoms with E-state index >= 15 is 0 Å². The molecule has 4 rings (SSSR count). The maximum atomic E-state index is 13.2. The third-order valence-electron chi connectivity index (χ3n) is 4.46. The minimum Gasteiger partial charge on any atom is -0.348 e. The molecule has 3 aromatic rings. The number of aromatic nitrogens is 1. The Morgan fingerprint density at radius 2 is 1.46 bits per heavy atom. The van der Waals surface area contributed by atoms with E-state index < -0.39 is 10.0 Å². The van der Waals surface area contributed by atoms with Gasteiger partial charge in [0.05, 0.1) is 10.9 Å². The van der Waals surface area contributed by atoms with Crippen molar-refractivity contribution in [1.82, 2.24) is 8.87 Å². The third kappa shape index (κ3) is 2.46. The first-order valence-corrected chi connectivity index (χ1v) is 9.39. The molecule has 1 aromatic heterocycles. The zero-order valence-corrected chi connectivity index (χ0v) is 13.9. The van der Waals surface area contributed by atoms with Crippen LogP contribution in [0.1, 0.15) is 17.3 Å². The summed E-state index contributed by atoms with van der Waals surface area (Å²) in [4.78, 5) is 0.339. The van der Waals surface area contributed by atoms with Crippen LogP contribution in [0.2, 0.25) is 0 Å². The Labute approximate surface area is 142 Å². The Bertz CT molecular complexity index is 934. The molecule has 0 radical (unpaired) electrons. The summed E-state index contributed by atoms with van der Waals surface area (Å²) in [5.74, 6) is 0. The largest absolute Gasteiger partial charge is 0.348 e. The van der Waals surface area contributed by atoms with Crippen molar-refractivity contribution >= 4 is 10.0 Å². The average molecular weight is 338 g/mol. The van der Waals surface area contributed by atoms with E-state index in [9.17, 15) is 8.42 Å². The van der Waals surface area contributed by atoms with Gasteiger partial charge in [-0.05, 0) is 29.8 Å². The van der Waals surface area contributed by atoms with Crippen molar-refractivity contribution in [3.05, 3.63) is 90.3 Å². The van der Waals surface area contributed by atoms with Gasteiger partial charge in [0, 0.05) is 25.0 Å². The van der Waals surface area contributed by atoms with Gasteiger partial charge in [0.2, 0.25) is 10.0 Å². The van der Waals surface area contributed by atoms with Crippen LogP contribution in [0.5, 0.6) is 0 Å². The predicted molar refractivity (Wildman–Crippen MR) is 93.1 cm³/mol. The standard InChI is InChI=1S/C19H18N2O2S/c22-24(23,17-10-5-2-6-11-17)21-15-14-20-13-7-12-18(20)19(21)16-8-3-1-4-9-16/h1-13,19H,14-15H2/t19-/m0/s1. The fourth-order valence-corrected chi connectivity index (χ4v) is 4.92. The predicted octanol–water partition coefficient (Wildman–Crippen LogP) is 3.28. The second-order valence-electron chi connectivity index (χ2n) is 5.87. The minimum atomic E-state index is -3.56. The molecule has 0 spiro atoms. The molecule has 1 atom stereocenters. The molecule has 0 fully saturated rings. The molecule has 4 nitrogen and oxygen atoms in total. The van der Waals surface area contributed by atoms with Crippen LogP contribution in [-0.4, -0.2) is 23.8 Å². The lowest BCUT2D eigenvalue weighted by atomic mass is 10.0. The molecule has 5 heteroatoms. The molecular weight excluding hydrogens is 320 g/mol. The lowest BCUT2D eigenvalue weighted by molar-refractivity contribution is 0.298. The zero-order valence-electron chi connectivity index (χ0n) is 13.1. The highest BCUT2D eigenvalue weighted by atomic mass is 32.2. The van der Waals surface area contributed by atoms with Gasteiger partial charge in [0.15, 0.2) is 0 Å². The van der Waals surface area contributed by atoms with Gasteiger partial charge in [-0.15, -0.1) is 0 Å². The van der Waals surface area contributed by atoms with Crippen molar-refractivity contribution in [3.8, 4) is 0 Å². The van der Waals surface area contributed by atoms with E-state index in [-0.39, 0.29) is 6.04 Å². The second kappa shape index (κ2) is 5.92. The first kappa shape index (κ1) is 15.2. The molecule has 24 heavy (non-hydrogen) atoms. The van der Waals surface area contributed by atoms with E-state index in [1.54, 1.807) is 28.6 Å². The summed E-state index contributed by atoms with van der Waals surface area (Å²) in [6, 6.07) is 22.2. The molecule has 0 amide bonds. The summed E-state index contributed by atoms with van der Waals surface area (Å²) in [6.45, 7) is 1.12. The maximum absolute atomic E-state index is 13.2. The Balaban J connectivity index is 1.86. The smallest absolute Gasteiger partial charge is 0.244 e. The number of benzene rings is 2. The van der Waals surface area contributed by atoms with E-state index in [1.807, 2.05) is 54.7 Å². The second-order valence-corrected chi connectivity index (χ2v) is 7.76. The topological polar surface area (TPSA) is 42.3 Å². The number of nitrogens with zero attached hydrogens (tertiary/aromatic N) is 2. The zero-order chi connectivity index (χ0) is 16.6. The van der Waals surface area contributed by atoms with Crippen LogP contribution < -0.4 is 0 Å². The molecule has 0 unspecified atom stereocenters. The number of fused-ring (bicyclic) bond motifs is 1. The van der Waals surface area contributed by atoms with Gasteiger partial charge in [-0.25, -0.2) is 8.42 Å². The third-order valence-corrected chi connectivity index (χ3v) is 6.34. The first-order valence-electron chi connectivity index (χ1n) is 7.95. The molecule has 2 heterocycles. The summed E-state index contributed by atoms with van der Waals surface area (Å²) < 4.78 is 30.2. The number of hydrogen-bond donors (Lipinski definition) is 0. The molecule has 1 aliphatic heterocycles. The van der Waals surface area contributed by atoms with Crippen molar-refractivity contribution in [2.75, 3.05) is 6.54 Å². The van der Waals surface area contributed by atoms with Gasteiger partial charge in [-0.3, -0.25) is 0 Å². The van der Waals surface area contributed by atoms with E-state index in [2.05, 4.69) is 4.57 Å². The molecule has 1 aliphatic rings. The summed E-state index contributed by atoms with van der Waals surface area (Å²) >= 11 is 0. The van der Waals surface area contributed by atoms with Crippen molar-refractivity contribution in [2.45, 2.75) is 17.5 Å². The monoisotopic (exact) mass is 338 g/mol. The normalized spacial score (nSPS) is 18.2. The van der Waals surface area contributed by atoms with Crippen molar-refractivity contribution < 1.29 is 8.42 Å². The molecule has 0 bridgehead atoms. The lowest BCUT2D eigenvalue weighted by Crippen LogP contribution is -2.42. The van der Waals surface area contributed by atoms with Crippen LogP contribution in [0.3, 0.4) is 0 Å². The van der Waals surface area contributed by atoms with E-state index in [0.29, 0.717) is 18.0 Å². The molecule has 0 saturated carbocycles. The van der Waals surface area contributed by atoms with Gasteiger partial charge in [0.1, 0.15) is 0 Å². The van der Waals surface area contributed by atoms with Crippen LogP contribution in [-0.2, 0) is 16.6 Å². The SMILES string of the molecule is O=S(=O)(c1ccccc1)N1CCn2cccc2[C@@H]1c1ccccc1. The Hall–Kier alpha value is -2.37. The van der Waals surface area contributed by atoms with Crippen LogP contribution in [0, 0.1) is 0 Å². The minimum absolute atomic E-state index is 0.305.